The van der Waals surface area contributed by atoms with Crippen LogP contribution in [0.15, 0.2) is 30.3 Å². The van der Waals surface area contributed by atoms with Crippen molar-refractivity contribution in [3.8, 4) is 11.5 Å². The molecule has 1 aliphatic rings. The molecular formula is C28H38N2O4. The highest BCUT2D eigenvalue weighted by Gasteiger charge is 2.34. The van der Waals surface area contributed by atoms with Crippen molar-refractivity contribution in [3.63, 3.8) is 0 Å². The van der Waals surface area contributed by atoms with Gasteiger partial charge in [-0.15, -0.1) is 0 Å². The molecule has 6 heteroatoms. The van der Waals surface area contributed by atoms with Gasteiger partial charge < -0.3 is 9.47 Å². The molecule has 3 rings (SSSR count). The Labute approximate surface area is 203 Å². The fourth-order valence-electron chi connectivity index (χ4n) is 4.42. The van der Waals surface area contributed by atoms with Crippen LogP contribution in [0.25, 0.3) is 0 Å². The Morgan fingerprint density at radius 2 is 1.65 bits per heavy atom. The average Bonchev–Trinajstić information content (AvgIpc) is 2.78. The molecule has 0 aromatic heterocycles. The molecule has 2 aromatic rings. The van der Waals surface area contributed by atoms with Crippen LogP contribution in [-0.2, 0) is 6.42 Å². The monoisotopic (exact) mass is 466 g/mol. The Hall–Kier alpha value is -2.86. The van der Waals surface area contributed by atoms with Crippen molar-refractivity contribution in [2.45, 2.75) is 73.8 Å². The number of benzene rings is 2. The van der Waals surface area contributed by atoms with Crippen LogP contribution in [0.3, 0.4) is 0 Å². The molecule has 1 heterocycles. The number of hydrogen-bond acceptors (Lipinski definition) is 5. The molecule has 0 aliphatic carbocycles. The van der Waals surface area contributed by atoms with E-state index in [-0.39, 0.29) is 23.3 Å². The summed E-state index contributed by atoms with van der Waals surface area (Å²) in [4.78, 5) is 27.8. The van der Waals surface area contributed by atoms with Crippen molar-refractivity contribution in [2.24, 2.45) is 5.41 Å². The zero-order chi connectivity index (χ0) is 25.0. The van der Waals surface area contributed by atoms with E-state index in [1.54, 1.807) is 12.1 Å². The summed E-state index contributed by atoms with van der Waals surface area (Å²) < 4.78 is 11.6. The molecular weight excluding hydrogens is 428 g/mol. The van der Waals surface area contributed by atoms with Gasteiger partial charge in [0.2, 0.25) is 0 Å². The van der Waals surface area contributed by atoms with Gasteiger partial charge in [0.05, 0.1) is 0 Å². The Balaban J connectivity index is 2.09. The lowest BCUT2D eigenvalue weighted by molar-refractivity contribution is 0.0424. The number of hydrazine groups is 1. The molecule has 0 saturated heterocycles. The predicted molar refractivity (Wildman–Crippen MR) is 135 cm³/mol. The van der Waals surface area contributed by atoms with Gasteiger partial charge in [-0.2, -0.15) is 0 Å². The van der Waals surface area contributed by atoms with E-state index >= 15 is 0 Å². The average molecular weight is 467 g/mol. The number of fused-ring (bicyclic) bond motifs is 1. The van der Waals surface area contributed by atoms with E-state index in [4.69, 9.17) is 9.47 Å². The molecule has 0 radical (unpaired) electrons. The number of carbonyl (C=O) groups excluding carboxylic acids is 2. The summed E-state index contributed by atoms with van der Waals surface area (Å²) in [6.07, 6.45) is 2.34. The summed E-state index contributed by atoms with van der Waals surface area (Å²) in [6, 6.07) is 9.10. The summed E-state index contributed by atoms with van der Waals surface area (Å²) in [5, 5.41) is 1.21. The first kappa shape index (κ1) is 25.8. The zero-order valence-electron chi connectivity index (χ0n) is 21.6. The van der Waals surface area contributed by atoms with Crippen molar-refractivity contribution in [1.82, 2.24) is 10.4 Å². The van der Waals surface area contributed by atoms with Crippen molar-refractivity contribution >= 4 is 11.8 Å². The van der Waals surface area contributed by atoms with Crippen molar-refractivity contribution in [3.05, 3.63) is 58.1 Å². The van der Waals surface area contributed by atoms with E-state index in [1.807, 2.05) is 39.0 Å². The van der Waals surface area contributed by atoms with Crippen LogP contribution in [0.4, 0.5) is 0 Å². The normalized spacial score (nSPS) is 14.0. The number of nitrogens with zero attached hydrogens (tertiary/aromatic N) is 1. The highest BCUT2D eigenvalue weighted by molar-refractivity contribution is 6.11. The largest absolute Gasteiger partial charge is 0.486 e. The maximum absolute atomic E-state index is 14.0. The lowest BCUT2D eigenvalue weighted by Gasteiger charge is -2.36. The summed E-state index contributed by atoms with van der Waals surface area (Å²) in [5.74, 6) is 0.486. The molecule has 0 unspecified atom stereocenters. The predicted octanol–water partition coefficient (Wildman–Crippen LogP) is 5.64. The highest BCUT2D eigenvalue weighted by atomic mass is 16.6. The van der Waals surface area contributed by atoms with Crippen LogP contribution in [0.1, 0.15) is 84.9 Å². The summed E-state index contributed by atoms with van der Waals surface area (Å²) >= 11 is 0. The molecule has 2 amide bonds. The van der Waals surface area contributed by atoms with E-state index in [9.17, 15) is 9.59 Å². The van der Waals surface area contributed by atoms with Crippen LogP contribution in [0.5, 0.6) is 11.5 Å². The van der Waals surface area contributed by atoms with Crippen LogP contribution in [-0.4, -0.2) is 36.1 Å². The van der Waals surface area contributed by atoms with Gasteiger partial charge in [0, 0.05) is 22.7 Å². The number of aryl methyl sites for hydroxylation is 2. The first-order chi connectivity index (χ1) is 16.1. The second-order valence-corrected chi connectivity index (χ2v) is 10.1. The Bertz CT molecular complexity index is 1030. The third-order valence-electron chi connectivity index (χ3n) is 6.18. The van der Waals surface area contributed by atoms with Crippen molar-refractivity contribution < 1.29 is 19.1 Å². The quantitative estimate of drug-likeness (QED) is 0.423. The first-order valence-electron chi connectivity index (χ1n) is 12.2. The standard InChI is InChI=1S/C28H38N2O4/c1-8-10-24(28(5,6)7)29-30(26(31)20-16-18(3)15-19(4)17-20)27(32)22-11-12-23-25(21(22)9-2)34-14-13-33-23/h11-12,15-17,24,29H,8-10,13-14H2,1-7H3/t24-/m1/s1. The van der Waals surface area contributed by atoms with E-state index in [0.29, 0.717) is 42.3 Å². The molecule has 0 fully saturated rings. The Morgan fingerprint density at radius 1 is 1.00 bits per heavy atom. The second-order valence-electron chi connectivity index (χ2n) is 10.1. The fourth-order valence-corrected chi connectivity index (χ4v) is 4.42. The SMILES string of the molecule is CCC[C@@H](NN(C(=O)c1cc(C)cc(C)c1)C(=O)c1ccc2c(c1CC)OCCO2)C(C)(C)C. The van der Waals surface area contributed by atoms with E-state index in [2.05, 4.69) is 33.1 Å². The Morgan fingerprint density at radius 3 is 2.24 bits per heavy atom. The number of carbonyl (C=O) groups is 2. The zero-order valence-corrected chi connectivity index (χ0v) is 21.6. The molecule has 0 saturated carbocycles. The molecule has 0 spiro atoms. The van der Waals surface area contributed by atoms with Crippen LogP contribution in [0, 0.1) is 19.3 Å². The lowest BCUT2D eigenvalue weighted by Crippen LogP contribution is -2.55. The number of amides is 2. The van der Waals surface area contributed by atoms with Crippen LogP contribution in [0.2, 0.25) is 0 Å². The van der Waals surface area contributed by atoms with Gasteiger partial charge in [-0.1, -0.05) is 58.2 Å². The molecule has 1 N–H and O–H groups in total. The van der Waals surface area contributed by atoms with Crippen LogP contribution < -0.4 is 14.9 Å². The third-order valence-corrected chi connectivity index (χ3v) is 6.18. The maximum atomic E-state index is 14.0. The van der Waals surface area contributed by atoms with Gasteiger partial charge in [-0.05, 0) is 56.4 Å². The minimum absolute atomic E-state index is 0.0707. The van der Waals surface area contributed by atoms with E-state index in [1.165, 1.54) is 5.01 Å². The number of imide groups is 1. The molecule has 184 valence electrons. The molecule has 1 aliphatic heterocycles. The fraction of sp³-hybridized carbons (Fsp3) is 0.500. The third kappa shape index (κ3) is 5.61. The number of ether oxygens (including phenoxy) is 2. The maximum Gasteiger partial charge on any atom is 0.275 e. The molecule has 1 atom stereocenters. The van der Waals surface area contributed by atoms with Gasteiger partial charge in [0.1, 0.15) is 13.2 Å². The summed E-state index contributed by atoms with van der Waals surface area (Å²) in [6.45, 7) is 15.2. The van der Waals surface area contributed by atoms with E-state index in [0.717, 1.165) is 29.5 Å². The molecule has 34 heavy (non-hydrogen) atoms. The van der Waals surface area contributed by atoms with Gasteiger partial charge in [-0.3, -0.25) is 9.59 Å². The van der Waals surface area contributed by atoms with Gasteiger partial charge in [0.15, 0.2) is 11.5 Å². The van der Waals surface area contributed by atoms with Gasteiger partial charge >= 0.3 is 0 Å². The van der Waals surface area contributed by atoms with Crippen molar-refractivity contribution in [2.75, 3.05) is 13.2 Å². The molecule has 0 bridgehead atoms. The molecule has 6 nitrogen and oxygen atoms in total. The van der Waals surface area contributed by atoms with Crippen molar-refractivity contribution in [1.29, 1.82) is 0 Å². The van der Waals surface area contributed by atoms with Gasteiger partial charge in [0.25, 0.3) is 11.8 Å². The molecule has 2 aromatic carbocycles. The summed E-state index contributed by atoms with van der Waals surface area (Å²) in [5.41, 5.74) is 6.81. The topological polar surface area (TPSA) is 67.9 Å². The Kier molecular flexibility index (Phi) is 8.03. The number of nitrogens with one attached hydrogen (secondary N) is 1. The number of rotatable bonds is 7. The van der Waals surface area contributed by atoms with E-state index < -0.39 is 0 Å². The summed E-state index contributed by atoms with van der Waals surface area (Å²) in [7, 11) is 0. The number of hydrogen-bond donors (Lipinski definition) is 1. The lowest BCUT2D eigenvalue weighted by atomic mass is 9.84. The highest BCUT2D eigenvalue weighted by Crippen LogP contribution is 2.37. The van der Waals surface area contributed by atoms with Crippen LogP contribution >= 0.6 is 0 Å². The smallest absolute Gasteiger partial charge is 0.275 e. The minimum atomic E-state index is -0.386. The minimum Gasteiger partial charge on any atom is -0.486 e. The second kappa shape index (κ2) is 10.6. The van der Waals surface area contributed by atoms with Gasteiger partial charge in [-0.25, -0.2) is 10.4 Å². The first-order valence-corrected chi connectivity index (χ1v) is 12.2.